The molecule has 6 heteroatoms. The third-order valence-electron chi connectivity index (χ3n) is 3.33. The van der Waals surface area contributed by atoms with Gasteiger partial charge in [0, 0.05) is 23.8 Å². The van der Waals surface area contributed by atoms with Gasteiger partial charge < -0.3 is 15.7 Å². The number of carboxylic acid groups (broad SMARTS) is 1. The molecular weight excluding hydrogens is 264 g/mol. The van der Waals surface area contributed by atoms with Gasteiger partial charge in [-0.2, -0.15) is 11.8 Å². The molecule has 0 aliphatic carbocycles. The molecule has 3 N–H and O–H groups in total. The summed E-state index contributed by atoms with van der Waals surface area (Å²) in [6, 6.07) is -0.153. The molecular formula is C13H24N2O3S. The summed E-state index contributed by atoms with van der Waals surface area (Å²) in [6.07, 6.45) is 3.79. The van der Waals surface area contributed by atoms with E-state index in [1.807, 2.05) is 18.7 Å². The Kier molecular flexibility index (Phi) is 6.48. The van der Waals surface area contributed by atoms with Crippen LogP contribution in [0.5, 0.6) is 0 Å². The van der Waals surface area contributed by atoms with E-state index in [0.29, 0.717) is 19.4 Å². The Hall–Kier alpha value is -0.910. The number of nitrogens with one attached hydrogen (secondary N) is 2. The number of aliphatic carboxylic acids is 1. The number of carbonyl (C=O) groups excluding carboxylic acids is 1. The van der Waals surface area contributed by atoms with Gasteiger partial charge in [-0.1, -0.05) is 0 Å². The first-order chi connectivity index (χ1) is 8.91. The van der Waals surface area contributed by atoms with Crippen molar-refractivity contribution in [2.24, 2.45) is 0 Å². The van der Waals surface area contributed by atoms with Crippen LogP contribution < -0.4 is 10.6 Å². The minimum Gasteiger partial charge on any atom is -0.481 e. The van der Waals surface area contributed by atoms with Gasteiger partial charge in [0.25, 0.3) is 0 Å². The molecule has 0 aromatic heterocycles. The molecule has 2 atom stereocenters. The smallest absolute Gasteiger partial charge is 0.315 e. The van der Waals surface area contributed by atoms with E-state index in [4.69, 9.17) is 5.11 Å². The fraction of sp³-hybridized carbons (Fsp3) is 0.846. The maximum absolute atomic E-state index is 11.7. The molecule has 1 saturated heterocycles. The van der Waals surface area contributed by atoms with Crippen LogP contribution in [-0.2, 0) is 4.79 Å². The third-order valence-corrected chi connectivity index (χ3v) is 4.87. The molecule has 2 amide bonds. The fourth-order valence-electron chi connectivity index (χ4n) is 2.15. The van der Waals surface area contributed by atoms with Crippen molar-refractivity contribution in [1.82, 2.24) is 10.6 Å². The fourth-order valence-corrected chi connectivity index (χ4v) is 3.39. The Balaban J connectivity index is 2.14. The maximum atomic E-state index is 11.7. The lowest BCUT2D eigenvalue weighted by atomic mass is 10.1. The molecule has 1 aliphatic heterocycles. The summed E-state index contributed by atoms with van der Waals surface area (Å²) >= 11 is 1.91. The molecule has 1 rings (SSSR count). The summed E-state index contributed by atoms with van der Waals surface area (Å²) < 4.78 is 0.171. The van der Waals surface area contributed by atoms with Gasteiger partial charge in [-0.05, 0) is 45.3 Å². The van der Waals surface area contributed by atoms with E-state index in [0.717, 1.165) is 6.42 Å². The van der Waals surface area contributed by atoms with Gasteiger partial charge in [0.1, 0.15) is 0 Å². The first-order valence-corrected chi connectivity index (χ1v) is 7.80. The second-order valence-corrected chi connectivity index (χ2v) is 7.10. The highest BCUT2D eigenvalue weighted by atomic mass is 32.2. The van der Waals surface area contributed by atoms with Crippen LogP contribution in [0.15, 0.2) is 0 Å². The number of thioether (sulfide) groups is 1. The Morgan fingerprint density at radius 2 is 2.21 bits per heavy atom. The topological polar surface area (TPSA) is 78.4 Å². The van der Waals surface area contributed by atoms with E-state index in [-0.39, 0.29) is 23.2 Å². The lowest BCUT2D eigenvalue weighted by Gasteiger charge is -2.23. The van der Waals surface area contributed by atoms with Gasteiger partial charge in [0.05, 0.1) is 0 Å². The Morgan fingerprint density at radius 3 is 2.79 bits per heavy atom. The molecule has 19 heavy (non-hydrogen) atoms. The SMILES string of the molecule is CC(CCCC(=O)O)NC(=O)NCC1(C)CCCS1. The minimum absolute atomic E-state index is 0.00314. The number of amides is 2. The van der Waals surface area contributed by atoms with Crippen molar-refractivity contribution < 1.29 is 14.7 Å². The number of urea groups is 1. The average molecular weight is 288 g/mol. The van der Waals surface area contributed by atoms with Crippen molar-refractivity contribution in [3.8, 4) is 0 Å². The van der Waals surface area contributed by atoms with Crippen molar-refractivity contribution in [2.45, 2.75) is 56.7 Å². The number of carboxylic acids is 1. The maximum Gasteiger partial charge on any atom is 0.315 e. The van der Waals surface area contributed by atoms with E-state index in [1.165, 1.54) is 12.2 Å². The molecule has 1 fully saturated rings. The van der Waals surface area contributed by atoms with Crippen LogP contribution in [0.25, 0.3) is 0 Å². The highest BCUT2D eigenvalue weighted by Crippen LogP contribution is 2.36. The lowest BCUT2D eigenvalue weighted by Crippen LogP contribution is -2.45. The van der Waals surface area contributed by atoms with E-state index in [1.54, 1.807) is 0 Å². The van der Waals surface area contributed by atoms with Crippen molar-refractivity contribution in [2.75, 3.05) is 12.3 Å². The van der Waals surface area contributed by atoms with Gasteiger partial charge in [-0.25, -0.2) is 4.79 Å². The second-order valence-electron chi connectivity index (χ2n) is 5.42. The summed E-state index contributed by atoms with van der Waals surface area (Å²) in [5.41, 5.74) is 0. The van der Waals surface area contributed by atoms with Gasteiger partial charge in [-0.15, -0.1) is 0 Å². The van der Waals surface area contributed by atoms with Crippen molar-refractivity contribution in [3.63, 3.8) is 0 Å². The first-order valence-electron chi connectivity index (χ1n) is 6.81. The Bertz CT molecular complexity index is 317. The van der Waals surface area contributed by atoms with Crippen molar-refractivity contribution >= 4 is 23.8 Å². The molecule has 110 valence electrons. The summed E-state index contributed by atoms with van der Waals surface area (Å²) in [7, 11) is 0. The second kappa shape index (κ2) is 7.62. The first kappa shape index (κ1) is 16.1. The van der Waals surface area contributed by atoms with Crippen LogP contribution in [0, 0.1) is 0 Å². The van der Waals surface area contributed by atoms with E-state index < -0.39 is 5.97 Å². The van der Waals surface area contributed by atoms with Crippen LogP contribution in [0.4, 0.5) is 4.79 Å². The van der Waals surface area contributed by atoms with Crippen LogP contribution in [0.1, 0.15) is 46.0 Å². The molecule has 0 spiro atoms. The quantitative estimate of drug-likeness (QED) is 0.671. The average Bonchev–Trinajstić information content (AvgIpc) is 2.74. The van der Waals surface area contributed by atoms with Crippen molar-refractivity contribution in [1.29, 1.82) is 0 Å². The number of hydrogen-bond donors (Lipinski definition) is 3. The molecule has 0 bridgehead atoms. The van der Waals surface area contributed by atoms with Gasteiger partial charge in [0.2, 0.25) is 0 Å². The zero-order valence-electron chi connectivity index (χ0n) is 11.7. The molecule has 0 aromatic rings. The van der Waals surface area contributed by atoms with Crippen LogP contribution in [-0.4, -0.2) is 40.2 Å². The monoisotopic (exact) mass is 288 g/mol. The number of hydrogen-bond acceptors (Lipinski definition) is 3. The van der Waals surface area contributed by atoms with E-state index in [2.05, 4.69) is 17.6 Å². The zero-order valence-corrected chi connectivity index (χ0v) is 12.5. The lowest BCUT2D eigenvalue weighted by molar-refractivity contribution is -0.137. The number of carbonyl (C=O) groups is 2. The zero-order chi connectivity index (χ0) is 14.3. The molecule has 1 aliphatic rings. The minimum atomic E-state index is -0.789. The van der Waals surface area contributed by atoms with Crippen LogP contribution in [0.2, 0.25) is 0 Å². The van der Waals surface area contributed by atoms with E-state index >= 15 is 0 Å². The van der Waals surface area contributed by atoms with E-state index in [9.17, 15) is 9.59 Å². The summed E-state index contributed by atoms with van der Waals surface area (Å²) in [6.45, 7) is 4.76. The van der Waals surface area contributed by atoms with Crippen LogP contribution in [0.3, 0.4) is 0 Å². The Morgan fingerprint density at radius 1 is 1.47 bits per heavy atom. The summed E-state index contributed by atoms with van der Waals surface area (Å²) in [5, 5.41) is 14.3. The molecule has 5 nitrogen and oxygen atoms in total. The highest BCUT2D eigenvalue weighted by molar-refractivity contribution is 8.00. The Labute approximate surface area is 118 Å². The van der Waals surface area contributed by atoms with Gasteiger partial charge in [-0.3, -0.25) is 4.79 Å². The summed E-state index contributed by atoms with van der Waals surface area (Å²) in [5.74, 6) is 0.383. The predicted molar refractivity (Wildman–Crippen MR) is 77.6 cm³/mol. The molecule has 2 unspecified atom stereocenters. The molecule has 1 heterocycles. The number of rotatable bonds is 7. The summed E-state index contributed by atoms with van der Waals surface area (Å²) in [4.78, 5) is 22.1. The largest absolute Gasteiger partial charge is 0.481 e. The standard InChI is InChI=1S/C13H24N2O3S/c1-10(5-3-6-11(16)17)15-12(18)14-9-13(2)7-4-8-19-13/h10H,3-9H2,1-2H3,(H,16,17)(H2,14,15,18). The molecule has 0 radical (unpaired) electrons. The predicted octanol–water partition coefficient (Wildman–Crippen LogP) is 2.21. The molecule has 0 aromatic carbocycles. The normalized spacial score (nSPS) is 23.9. The van der Waals surface area contributed by atoms with Gasteiger partial charge in [0.15, 0.2) is 0 Å². The van der Waals surface area contributed by atoms with Crippen molar-refractivity contribution in [3.05, 3.63) is 0 Å². The highest BCUT2D eigenvalue weighted by Gasteiger charge is 2.29. The van der Waals surface area contributed by atoms with Gasteiger partial charge >= 0.3 is 12.0 Å². The molecule has 0 saturated carbocycles. The third kappa shape index (κ3) is 6.71. The van der Waals surface area contributed by atoms with Crippen LogP contribution >= 0.6 is 11.8 Å².